The van der Waals surface area contributed by atoms with E-state index in [9.17, 15) is 10.1 Å². The number of hydrogen-bond acceptors (Lipinski definition) is 7. The minimum atomic E-state index is -0.492. The Hall–Kier alpha value is -2.90. The molecule has 0 unspecified atom stereocenters. The average molecular weight is 275 g/mol. The highest BCUT2D eigenvalue weighted by molar-refractivity contribution is 5.54. The maximum Gasteiger partial charge on any atom is 0.314 e. The van der Waals surface area contributed by atoms with Gasteiger partial charge in [-0.05, 0) is 13.0 Å². The van der Waals surface area contributed by atoms with Gasteiger partial charge >= 0.3 is 5.69 Å². The van der Waals surface area contributed by atoms with Crippen LogP contribution in [0.1, 0.15) is 5.56 Å². The quantitative estimate of drug-likeness (QED) is 0.648. The lowest BCUT2D eigenvalue weighted by molar-refractivity contribution is -0.386. The van der Waals surface area contributed by atoms with Crippen LogP contribution in [0.5, 0.6) is 11.6 Å². The van der Waals surface area contributed by atoms with Crippen molar-refractivity contribution in [2.45, 2.75) is 6.92 Å². The summed E-state index contributed by atoms with van der Waals surface area (Å²) in [6.07, 6.45) is 0. The van der Waals surface area contributed by atoms with Gasteiger partial charge in [0.1, 0.15) is 5.82 Å². The predicted molar refractivity (Wildman–Crippen MR) is 73.9 cm³/mol. The summed E-state index contributed by atoms with van der Waals surface area (Å²) in [5, 5.41) is 13.9. The van der Waals surface area contributed by atoms with E-state index >= 15 is 0 Å². The van der Waals surface area contributed by atoms with Crippen LogP contribution in [0.15, 0.2) is 24.3 Å². The Morgan fingerprint density at radius 3 is 2.80 bits per heavy atom. The van der Waals surface area contributed by atoms with Crippen LogP contribution in [0.3, 0.4) is 0 Å². The molecule has 20 heavy (non-hydrogen) atoms. The van der Waals surface area contributed by atoms with Crippen LogP contribution < -0.4 is 15.8 Å². The molecule has 2 aromatic rings. The van der Waals surface area contributed by atoms with Gasteiger partial charge in [0.25, 0.3) is 0 Å². The molecule has 8 nitrogen and oxygen atoms in total. The van der Waals surface area contributed by atoms with Crippen LogP contribution >= 0.6 is 0 Å². The summed E-state index contributed by atoms with van der Waals surface area (Å²) in [5.41, 5.74) is 5.94. The monoisotopic (exact) mass is 275 g/mol. The molecule has 0 aliphatic rings. The largest absolute Gasteiger partial charge is 0.432 e. The lowest BCUT2D eigenvalue weighted by Gasteiger charge is -2.08. The smallest absolute Gasteiger partial charge is 0.314 e. The fourth-order valence-electron chi connectivity index (χ4n) is 1.68. The molecule has 0 atom stereocenters. The number of anilines is 2. The number of hydrogen-bond donors (Lipinski definition) is 2. The molecular weight excluding hydrogens is 262 g/mol. The number of nitrogens with one attached hydrogen (secondary N) is 1. The Kier molecular flexibility index (Phi) is 3.65. The molecule has 0 aliphatic carbocycles. The number of rotatable bonds is 4. The van der Waals surface area contributed by atoms with Crippen LogP contribution in [0.2, 0.25) is 0 Å². The Bertz CT molecular complexity index is 660. The van der Waals surface area contributed by atoms with E-state index in [1.807, 2.05) is 0 Å². The maximum absolute atomic E-state index is 11.1. The minimum absolute atomic E-state index is 0.0159. The molecule has 0 spiro atoms. The molecule has 8 heteroatoms. The van der Waals surface area contributed by atoms with Gasteiger partial charge in [-0.25, -0.2) is 0 Å². The summed E-state index contributed by atoms with van der Waals surface area (Å²) in [4.78, 5) is 18.4. The van der Waals surface area contributed by atoms with E-state index in [1.54, 1.807) is 26.1 Å². The fourth-order valence-corrected chi connectivity index (χ4v) is 1.68. The summed E-state index contributed by atoms with van der Waals surface area (Å²) >= 11 is 0. The van der Waals surface area contributed by atoms with Crippen LogP contribution in [-0.2, 0) is 0 Å². The third-order valence-corrected chi connectivity index (χ3v) is 2.57. The standard InChI is InChI=1S/C12H13N5O3/c1-7-4-3-5-8(11(7)17(18)19)20-10-6-9(14-2)15-12(13)16-10/h3-6H,1-2H3,(H3,13,14,15,16). The first-order valence-electron chi connectivity index (χ1n) is 5.75. The van der Waals surface area contributed by atoms with E-state index in [2.05, 4.69) is 15.3 Å². The van der Waals surface area contributed by atoms with Gasteiger partial charge in [0, 0.05) is 18.7 Å². The summed E-state index contributed by atoms with van der Waals surface area (Å²) in [6, 6.07) is 6.31. The molecule has 0 radical (unpaired) electrons. The van der Waals surface area contributed by atoms with Gasteiger partial charge in [0.05, 0.1) is 4.92 Å². The molecule has 0 bridgehead atoms. The molecule has 1 heterocycles. The van der Waals surface area contributed by atoms with Crippen molar-refractivity contribution in [1.82, 2.24) is 9.97 Å². The van der Waals surface area contributed by atoms with Crippen LogP contribution in [0.25, 0.3) is 0 Å². The average Bonchev–Trinajstić information content (AvgIpc) is 2.37. The number of nitrogens with two attached hydrogens (primary N) is 1. The Balaban J connectivity index is 2.42. The molecular formula is C12H13N5O3. The van der Waals surface area contributed by atoms with Crippen molar-refractivity contribution in [1.29, 1.82) is 0 Å². The second kappa shape index (κ2) is 5.39. The number of nitro benzene ring substituents is 1. The lowest BCUT2D eigenvalue weighted by Crippen LogP contribution is -2.02. The highest BCUT2D eigenvalue weighted by Gasteiger charge is 2.19. The number of nitrogens with zero attached hydrogens (tertiary/aromatic N) is 3. The normalized spacial score (nSPS) is 10.1. The number of nitro groups is 1. The summed E-state index contributed by atoms with van der Waals surface area (Å²) in [6.45, 7) is 1.64. The van der Waals surface area contributed by atoms with Gasteiger partial charge in [0.15, 0.2) is 0 Å². The van der Waals surface area contributed by atoms with Gasteiger partial charge < -0.3 is 15.8 Å². The molecule has 104 valence electrons. The van der Waals surface area contributed by atoms with Gasteiger partial charge in [-0.3, -0.25) is 10.1 Å². The van der Waals surface area contributed by atoms with E-state index in [1.165, 1.54) is 12.1 Å². The Labute approximate surface area is 114 Å². The van der Waals surface area contributed by atoms with Crippen molar-refractivity contribution in [3.63, 3.8) is 0 Å². The predicted octanol–water partition coefficient (Wildman–Crippen LogP) is 2.11. The molecule has 1 aromatic heterocycles. The number of ether oxygens (including phenoxy) is 1. The second-order valence-electron chi connectivity index (χ2n) is 3.98. The zero-order valence-electron chi connectivity index (χ0n) is 11.0. The van der Waals surface area contributed by atoms with Crippen molar-refractivity contribution >= 4 is 17.5 Å². The first-order chi connectivity index (χ1) is 9.51. The molecule has 3 N–H and O–H groups in total. The van der Waals surface area contributed by atoms with Crippen molar-refractivity contribution in [3.8, 4) is 11.6 Å². The van der Waals surface area contributed by atoms with Crippen LogP contribution in [0.4, 0.5) is 17.5 Å². The highest BCUT2D eigenvalue weighted by atomic mass is 16.6. The van der Waals surface area contributed by atoms with E-state index < -0.39 is 4.92 Å². The lowest BCUT2D eigenvalue weighted by atomic mass is 10.2. The third kappa shape index (κ3) is 2.74. The van der Waals surface area contributed by atoms with Crippen molar-refractivity contribution in [2.24, 2.45) is 0 Å². The van der Waals surface area contributed by atoms with E-state index in [0.29, 0.717) is 11.4 Å². The van der Waals surface area contributed by atoms with Crippen molar-refractivity contribution < 1.29 is 9.66 Å². The van der Waals surface area contributed by atoms with E-state index in [0.717, 1.165) is 0 Å². The zero-order chi connectivity index (χ0) is 14.7. The van der Waals surface area contributed by atoms with Gasteiger partial charge in [0.2, 0.25) is 17.6 Å². The van der Waals surface area contributed by atoms with Crippen LogP contribution in [0, 0.1) is 17.0 Å². The highest BCUT2D eigenvalue weighted by Crippen LogP contribution is 2.33. The molecule has 0 amide bonds. The van der Waals surface area contributed by atoms with Crippen molar-refractivity contribution in [3.05, 3.63) is 39.9 Å². The third-order valence-electron chi connectivity index (χ3n) is 2.57. The number of benzene rings is 1. The first-order valence-corrected chi connectivity index (χ1v) is 5.75. The molecule has 1 aromatic carbocycles. The first kappa shape index (κ1) is 13.5. The van der Waals surface area contributed by atoms with E-state index in [-0.39, 0.29) is 23.3 Å². The zero-order valence-corrected chi connectivity index (χ0v) is 11.0. The van der Waals surface area contributed by atoms with Gasteiger partial charge in [-0.2, -0.15) is 9.97 Å². The maximum atomic E-state index is 11.1. The van der Waals surface area contributed by atoms with Gasteiger partial charge in [-0.15, -0.1) is 0 Å². The number of para-hydroxylation sites is 1. The molecule has 0 saturated carbocycles. The SMILES string of the molecule is CNc1cc(Oc2cccc(C)c2[N+](=O)[O-])nc(N)n1. The molecule has 0 saturated heterocycles. The summed E-state index contributed by atoms with van der Waals surface area (Å²) in [5.74, 6) is 0.718. The van der Waals surface area contributed by atoms with Gasteiger partial charge in [-0.1, -0.05) is 12.1 Å². The number of aryl methyl sites for hydroxylation is 1. The fraction of sp³-hybridized carbons (Fsp3) is 0.167. The second-order valence-corrected chi connectivity index (χ2v) is 3.98. The Morgan fingerprint density at radius 1 is 1.40 bits per heavy atom. The molecule has 2 rings (SSSR count). The number of aromatic nitrogens is 2. The van der Waals surface area contributed by atoms with Crippen LogP contribution in [-0.4, -0.2) is 21.9 Å². The summed E-state index contributed by atoms with van der Waals surface area (Å²) in [7, 11) is 1.67. The topological polar surface area (TPSA) is 116 Å². The molecule has 0 aliphatic heterocycles. The molecule has 0 fully saturated rings. The Morgan fingerprint density at radius 2 is 2.15 bits per heavy atom. The van der Waals surface area contributed by atoms with Crippen molar-refractivity contribution in [2.75, 3.05) is 18.1 Å². The van der Waals surface area contributed by atoms with E-state index in [4.69, 9.17) is 10.5 Å². The minimum Gasteiger partial charge on any atom is -0.432 e. The number of nitrogen functional groups attached to an aromatic ring is 1. The summed E-state index contributed by atoms with van der Waals surface area (Å²) < 4.78 is 5.46.